The second-order valence-corrected chi connectivity index (χ2v) is 9.09. The van der Waals surface area contributed by atoms with Gasteiger partial charge in [-0.1, -0.05) is 13.3 Å². The summed E-state index contributed by atoms with van der Waals surface area (Å²) in [6.45, 7) is 2.72. The van der Waals surface area contributed by atoms with Crippen LogP contribution in [0.2, 0.25) is 0 Å². The number of phenolic OH excluding ortho intramolecular Hbond substituents is 2. The zero-order chi connectivity index (χ0) is 21.8. The average Bonchev–Trinajstić information content (AvgIpc) is 2.77. The fraction of sp³-hybridized carbons (Fsp3) is 0.160. The van der Waals surface area contributed by atoms with Crippen molar-refractivity contribution in [1.29, 1.82) is 0 Å². The van der Waals surface area contributed by atoms with E-state index < -0.39 is 16.5 Å². The number of aromatic hydroxyl groups is 2. The molecular formula is C25H23O5S+. The molecule has 5 nitrogen and oxygen atoms in total. The smallest absolute Gasteiger partial charge is 0.393 e. The average molecular weight is 436 g/mol. The second-order valence-electron chi connectivity index (χ2n) is 7.09. The Morgan fingerprint density at radius 3 is 2.06 bits per heavy atom. The van der Waals surface area contributed by atoms with E-state index in [4.69, 9.17) is 9.15 Å². The standard InChI is InChI=1S/C25H22O5S/c1-2-3-14-29-20-9-4-17-15-24(25(28)30-23(17)16-20)31(21-10-5-18(26)6-11-21)22-12-7-19(27)8-13-22/h4-13,15-16H,2-3,14H2,1H3,(H-,26,27)/p+1. The van der Waals surface area contributed by atoms with Gasteiger partial charge >= 0.3 is 5.63 Å². The van der Waals surface area contributed by atoms with Crippen molar-refractivity contribution in [3.05, 3.63) is 83.2 Å². The molecule has 4 aromatic rings. The van der Waals surface area contributed by atoms with Crippen LogP contribution in [-0.4, -0.2) is 16.8 Å². The Labute approximate surface area is 182 Å². The minimum atomic E-state index is -0.770. The molecule has 31 heavy (non-hydrogen) atoms. The van der Waals surface area contributed by atoms with Gasteiger partial charge in [0.15, 0.2) is 9.79 Å². The molecule has 0 fully saturated rings. The fourth-order valence-corrected chi connectivity index (χ4v) is 5.24. The largest absolute Gasteiger partial charge is 0.508 e. The summed E-state index contributed by atoms with van der Waals surface area (Å²) in [6.07, 6.45) is 2.01. The number of benzene rings is 3. The van der Waals surface area contributed by atoms with Crippen LogP contribution >= 0.6 is 0 Å². The van der Waals surface area contributed by atoms with E-state index in [0.29, 0.717) is 22.8 Å². The van der Waals surface area contributed by atoms with E-state index in [2.05, 4.69) is 6.92 Å². The molecule has 2 N–H and O–H groups in total. The van der Waals surface area contributed by atoms with Crippen molar-refractivity contribution >= 4 is 21.9 Å². The predicted molar refractivity (Wildman–Crippen MR) is 121 cm³/mol. The molecule has 0 saturated carbocycles. The minimum Gasteiger partial charge on any atom is -0.508 e. The molecule has 0 bridgehead atoms. The van der Waals surface area contributed by atoms with Crippen molar-refractivity contribution in [3.8, 4) is 17.2 Å². The minimum absolute atomic E-state index is 0.152. The van der Waals surface area contributed by atoms with Crippen molar-refractivity contribution in [2.24, 2.45) is 0 Å². The highest BCUT2D eigenvalue weighted by atomic mass is 32.2. The summed E-state index contributed by atoms with van der Waals surface area (Å²) < 4.78 is 11.4. The van der Waals surface area contributed by atoms with Gasteiger partial charge in [-0.15, -0.1) is 0 Å². The van der Waals surface area contributed by atoms with E-state index in [1.54, 1.807) is 54.6 Å². The van der Waals surface area contributed by atoms with Crippen LogP contribution in [-0.2, 0) is 10.9 Å². The Morgan fingerprint density at radius 2 is 1.48 bits per heavy atom. The van der Waals surface area contributed by atoms with Gasteiger partial charge < -0.3 is 19.4 Å². The van der Waals surface area contributed by atoms with Gasteiger partial charge in [0, 0.05) is 17.5 Å². The Morgan fingerprint density at radius 1 is 0.871 bits per heavy atom. The van der Waals surface area contributed by atoms with E-state index in [1.807, 2.05) is 18.2 Å². The van der Waals surface area contributed by atoms with Crippen molar-refractivity contribution in [1.82, 2.24) is 0 Å². The van der Waals surface area contributed by atoms with Crippen molar-refractivity contribution in [3.63, 3.8) is 0 Å². The summed E-state index contributed by atoms with van der Waals surface area (Å²) in [5, 5.41) is 20.2. The highest BCUT2D eigenvalue weighted by Crippen LogP contribution is 2.33. The molecule has 0 saturated heterocycles. The summed E-state index contributed by atoms with van der Waals surface area (Å²) in [7, 11) is -0.770. The highest BCUT2D eigenvalue weighted by molar-refractivity contribution is 7.97. The molecule has 0 radical (unpaired) electrons. The molecule has 0 spiro atoms. The molecule has 0 unspecified atom stereocenters. The van der Waals surface area contributed by atoms with Gasteiger partial charge in [0.2, 0.25) is 0 Å². The topological polar surface area (TPSA) is 79.9 Å². The first-order valence-corrected chi connectivity index (χ1v) is 11.3. The first kappa shape index (κ1) is 20.9. The molecule has 0 aliphatic rings. The number of fused-ring (bicyclic) bond motifs is 1. The van der Waals surface area contributed by atoms with Gasteiger partial charge in [-0.2, -0.15) is 0 Å². The van der Waals surface area contributed by atoms with Gasteiger partial charge in [0.25, 0.3) is 4.90 Å². The zero-order valence-electron chi connectivity index (χ0n) is 17.1. The Kier molecular flexibility index (Phi) is 6.18. The number of rotatable bonds is 7. The monoisotopic (exact) mass is 435 g/mol. The van der Waals surface area contributed by atoms with E-state index in [1.165, 1.54) is 0 Å². The van der Waals surface area contributed by atoms with Crippen LogP contribution in [0.5, 0.6) is 17.2 Å². The van der Waals surface area contributed by atoms with E-state index in [0.717, 1.165) is 28.0 Å². The predicted octanol–water partition coefficient (Wildman–Crippen LogP) is 5.48. The number of ether oxygens (including phenoxy) is 1. The Balaban J connectivity index is 1.80. The lowest BCUT2D eigenvalue weighted by atomic mass is 10.2. The van der Waals surface area contributed by atoms with Crippen LogP contribution in [0, 0.1) is 0 Å². The van der Waals surface area contributed by atoms with Crippen LogP contribution in [0.15, 0.2) is 96.7 Å². The molecule has 4 rings (SSSR count). The lowest BCUT2D eigenvalue weighted by Gasteiger charge is -2.09. The van der Waals surface area contributed by atoms with Gasteiger partial charge in [0.05, 0.1) is 6.61 Å². The molecule has 0 amide bonds. The highest BCUT2D eigenvalue weighted by Gasteiger charge is 2.33. The summed E-state index contributed by atoms with van der Waals surface area (Å²) in [4.78, 5) is 15.2. The molecule has 0 aliphatic carbocycles. The first-order chi connectivity index (χ1) is 15.0. The number of hydrogen-bond acceptors (Lipinski definition) is 5. The van der Waals surface area contributed by atoms with Crippen LogP contribution in [0.3, 0.4) is 0 Å². The van der Waals surface area contributed by atoms with Gasteiger partial charge in [0.1, 0.15) is 33.7 Å². The first-order valence-electron chi connectivity index (χ1n) is 10.1. The maximum atomic E-state index is 13.0. The molecule has 6 heteroatoms. The number of hydrogen-bond donors (Lipinski definition) is 2. The summed E-state index contributed by atoms with van der Waals surface area (Å²) in [6, 6.07) is 20.9. The van der Waals surface area contributed by atoms with E-state index in [9.17, 15) is 15.0 Å². The molecule has 0 aliphatic heterocycles. The SMILES string of the molecule is CCCCOc1ccc2cc([S+](c3ccc(O)cc3)c3ccc(O)cc3)c(=O)oc2c1. The Hall–Kier alpha value is -3.38. The third-order valence-corrected chi connectivity index (χ3v) is 7.02. The van der Waals surface area contributed by atoms with Crippen molar-refractivity contribution in [2.45, 2.75) is 34.5 Å². The third-order valence-electron chi connectivity index (χ3n) is 4.81. The molecule has 3 aromatic carbocycles. The molecule has 0 atom stereocenters. The second kappa shape index (κ2) is 9.18. The van der Waals surface area contributed by atoms with Crippen LogP contribution in [0.1, 0.15) is 19.8 Å². The maximum Gasteiger partial charge on any atom is 0.393 e. The normalized spacial score (nSPS) is 11.2. The van der Waals surface area contributed by atoms with Gasteiger partial charge in [-0.3, -0.25) is 0 Å². The van der Waals surface area contributed by atoms with Crippen molar-refractivity contribution < 1.29 is 19.4 Å². The molecule has 158 valence electrons. The summed E-state index contributed by atoms with van der Waals surface area (Å²) >= 11 is 0. The van der Waals surface area contributed by atoms with E-state index >= 15 is 0 Å². The van der Waals surface area contributed by atoms with E-state index in [-0.39, 0.29) is 11.5 Å². The summed E-state index contributed by atoms with van der Waals surface area (Å²) in [5.74, 6) is 0.978. The van der Waals surface area contributed by atoms with Gasteiger partial charge in [-0.25, -0.2) is 4.79 Å². The van der Waals surface area contributed by atoms with Crippen molar-refractivity contribution in [2.75, 3.05) is 6.61 Å². The number of unbranched alkanes of at least 4 members (excludes halogenated alkanes) is 1. The molecular weight excluding hydrogens is 412 g/mol. The lowest BCUT2D eigenvalue weighted by molar-refractivity contribution is 0.309. The zero-order valence-corrected chi connectivity index (χ0v) is 17.9. The van der Waals surface area contributed by atoms with Crippen LogP contribution in [0.25, 0.3) is 11.0 Å². The van der Waals surface area contributed by atoms with Gasteiger partial charge in [-0.05, 0) is 67.1 Å². The summed E-state index contributed by atoms with van der Waals surface area (Å²) in [5.41, 5.74) is 0.0467. The quantitative estimate of drug-likeness (QED) is 0.228. The lowest BCUT2D eigenvalue weighted by Crippen LogP contribution is -2.15. The van der Waals surface area contributed by atoms with Crippen LogP contribution < -0.4 is 10.4 Å². The fourth-order valence-electron chi connectivity index (χ4n) is 3.19. The maximum absolute atomic E-state index is 13.0. The molecule has 1 aromatic heterocycles. The Bertz CT molecular complexity index is 1180. The van der Waals surface area contributed by atoms with Crippen LogP contribution in [0.4, 0.5) is 0 Å². The number of phenols is 2. The molecule has 1 heterocycles. The third kappa shape index (κ3) is 4.70.